The third-order valence-corrected chi connectivity index (χ3v) is 4.81. The van der Waals surface area contributed by atoms with E-state index >= 15 is 0 Å². The van der Waals surface area contributed by atoms with E-state index in [1.165, 1.54) is 18.5 Å². The second-order valence-electron chi connectivity index (χ2n) is 6.89. The molecule has 2 aromatic rings. The molecule has 0 bridgehead atoms. The minimum Gasteiger partial charge on any atom is -0.354 e. The van der Waals surface area contributed by atoms with E-state index < -0.39 is 0 Å². The molecule has 1 saturated carbocycles. The van der Waals surface area contributed by atoms with Crippen molar-refractivity contribution >= 4 is 5.91 Å². The van der Waals surface area contributed by atoms with Gasteiger partial charge in [0.2, 0.25) is 5.91 Å². The third-order valence-electron chi connectivity index (χ3n) is 4.81. The van der Waals surface area contributed by atoms with Gasteiger partial charge in [-0.25, -0.2) is 4.98 Å². The molecular weight excluding hydrogens is 302 g/mol. The molecular formula is C18H23N5O. The summed E-state index contributed by atoms with van der Waals surface area (Å²) in [5.74, 6) is 0.807. The fourth-order valence-corrected chi connectivity index (χ4v) is 3.36. The van der Waals surface area contributed by atoms with Gasteiger partial charge in [0.05, 0.1) is 23.8 Å². The highest BCUT2D eigenvalue weighted by molar-refractivity contribution is 5.76. The summed E-state index contributed by atoms with van der Waals surface area (Å²) in [6.45, 7) is 3.24. The number of hydrogen-bond donors (Lipinski definition) is 1. The summed E-state index contributed by atoms with van der Waals surface area (Å²) in [7, 11) is 0. The predicted octanol–water partition coefficient (Wildman–Crippen LogP) is 1.75. The Labute approximate surface area is 141 Å². The maximum Gasteiger partial charge on any atom is 0.220 e. The van der Waals surface area contributed by atoms with Gasteiger partial charge in [0, 0.05) is 45.0 Å². The predicted molar refractivity (Wildman–Crippen MR) is 90.0 cm³/mol. The number of hydrogen-bond acceptors (Lipinski definition) is 4. The summed E-state index contributed by atoms with van der Waals surface area (Å²) < 4.78 is 2.20. The van der Waals surface area contributed by atoms with Crippen LogP contribution in [0.4, 0.5) is 0 Å². The average molecular weight is 325 g/mol. The molecule has 1 aliphatic carbocycles. The summed E-state index contributed by atoms with van der Waals surface area (Å²) in [5, 5.41) is 3.11. The first kappa shape index (κ1) is 15.3. The van der Waals surface area contributed by atoms with Crippen LogP contribution in [0, 0.1) is 5.92 Å². The molecule has 2 aliphatic rings. The molecule has 0 radical (unpaired) electrons. The lowest BCUT2D eigenvalue weighted by molar-refractivity contribution is -0.121. The normalized spacial score (nSPS) is 20.6. The number of rotatable bonds is 6. The zero-order valence-electron chi connectivity index (χ0n) is 13.8. The summed E-state index contributed by atoms with van der Waals surface area (Å²) in [6.07, 6.45) is 8.73. The van der Waals surface area contributed by atoms with Gasteiger partial charge in [-0.1, -0.05) is 6.07 Å². The molecule has 126 valence electrons. The number of imidazole rings is 1. The van der Waals surface area contributed by atoms with Crippen molar-refractivity contribution in [2.75, 3.05) is 13.1 Å². The molecule has 6 nitrogen and oxygen atoms in total. The highest BCUT2D eigenvalue weighted by Crippen LogP contribution is 2.32. The molecule has 1 fully saturated rings. The smallest absolute Gasteiger partial charge is 0.220 e. The molecule has 1 amide bonds. The molecule has 24 heavy (non-hydrogen) atoms. The Balaban J connectivity index is 1.40. The molecule has 1 unspecified atom stereocenters. The number of carbonyl (C=O) groups is 1. The van der Waals surface area contributed by atoms with E-state index in [1.54, 1.807) is 0 Å². The number of nitrogens with one attached hydrogen (secondary N) is 1. The maximum absolute atomic E-state index is 12.0. The molecule has 1 N–H and O–H groups in total. The molecule has 0 saturated heterocycles. The highest BCUT2D eigenvalue weighted by Gasteiger charge is 2.27. The quantitative estimate of drug-likeness (QED) is 0.879. The van der Waals surface area contributed by atoms with Gasteiger partial charge >= 0.3 is 0 Å². The van der Waals surface area contributed by atoms with Crippen LogP contribution in [0.3, 0.4) is 0 Å². The third kappa shape index (κ3) is 3.64. The van der Waals surface area contributed by atoms with Crippen molar-refractivity contribution in [1.29, 1.82) is 0 Å². The minimum absolute atomic E-state index is 0.181. The first-order valence-electron chi connectivity index (χ1n) is 8.67. The largest absolute Gasteiger partial charge is 0.354 e. The van der Waals surface area contributed by atoms with Gasteiger partial charge in [-0.15, -0.1) is 0 Å². The van der Waals surface area contributed by atoms with Crippen molar-refractivity contribution in [3.8, 4) is 0 Å². The fourth-order valence-electron chi connectivity index (χ4n) is 3.36. The molecule has 3 heterocycles. The standard InChI is InChI=1S/C18H23N5O/c24-18(7-14-4-5-14)21-9-17-12-22(10-15-3-1-2-6-20-15)11-16-8-19-13-23(16)17/h1-3,6,8,13-14,17H,4-5,7,9-12H2,(H,21,24). The molecule has 0 spiro atoms. The van der Waals surface area contributed by atoms with E-state index in [0.717, 1.165) is 25.3 Å². The van der Waals surface area contributed by atoms with Crippen molar-refractivity contribution < 1.29 is 4.79 Å². The number of pyridine rings is 1. The number of nitrogens with zero attached hydrogens (tertiary/aromatic N) is 4. The highest BCUT2D eigenvalue weighted by atomic mass is 16.1. The van der Waals surface area contributed by atoms with Crippen LogP contribution in [0.5, 0.6) is 0 Å². The Hall–Kier alpha value is -2.21. The van der Waals surface area contributed by atoms with Crippen molar-refractivity contribution in [2.24, 2.45) is 5.92 Å². The summed E-state index contributed by atoms with van der Waals surface area (Å²) in [5.41, 5.74) is 2.26. The van der Waals surface area contributed by atoms with Crippen LogP contribution < -0.4 is 5.32 Å². The number of fused-ring (bicyclic) bond motifs is 1. The van der Waals surface area contributed by atoms with Crippen LogP contribution >= 0.6 is 0 Å². The maximum atomic E-state index is 12.0. The van der Waals surface area contributed by atoms with Gasteiger partial charge in [0.1, 0.15) is 0 Å². The van der Waals surface area contributed by atoms with Crippen molar-refractivity contribution in [1.82, 2.24) is 24.8 Å². The van der Waals surface area contributed by atoms with Crippen molar-refractivity contribution in [2.45, 2.75) is 38.4 Å². The zero-order chi connectivity index (χ0) is 16.4. The summed E-state index contributed by atoms with van der Waals surface area (Å²) in [6, 6.07) is 6.24. The Morgan fingerprint density at radius 3 is 3.04 bits per heavy atom. The van der Waals surface area contributed by atoms with Gasteiger partial charge in [-0.3, -0.25) is 14.7 Å². The van der Waals surface area contributed by atoms with Gasteiger partial charge in [0.25, 0.3) is 0 Å². The van der Waals surface area contributed by atoms with Crippen LogP contribution in [-0.2, 0) is 17.9 Å². The Kier molecular flexibility index (Phi) is 4.30. The van der Waals surface area contributed by atoms with E-state index in [1.807, 2.05) is 30.9 Å². The molecule has 0 aromatic carbocycles. The molecule has 2 aromatic heterocycles. The van der Waals surface area contributed by atoms with Gasteiger partial charge in [-0.05, 0) is 30.9 Å². The first-order valence-corrected chi connectivity index (χ1v) is 8.67. The van der Waals surface area contributed by atoms with Crippen LogP contribution in [0.2, 0.25) is 0 Å². The molecule has 1 atom stereocenters. The number of carbonyl (C=O) groups excluding carboxylic acids is 1. The van der Waals surface area contributed by atoms with E-state index in [9.17, 15) is 4.79 Å². The van der Waals surface area contributed by atoms with Gasteiger partial charge < -0.3 is 9.88 Å². The number of aromatic nitrogens is 3. The fraction of sp³-hybridized carbons (Fsp3) is 0.500. The van der Waals surface area contributed by atoms with E-state index in [0.29, 0.717) is 18.9 Å². The lowest BCUT2D eigenvalue weighted by atomic mass is 10.1. The molecule has 4 rings (SSSR count). The Morgan fingerprint density at radius 2 is 2.25 bits per heavy atom. The summed E-state index contributed by atoms with van der Waals surface area (Å²) in [4.78, 5) is 23.1. The zero-order valence-corrected chi connectivity index (χ0v) is 13.8. The van der Waals surface area contributed by atoms with Gasteiger partial charge in [0.15, 0.2) is 0 Å². The summed E-state index contributed by atoms with van der Waals surface area (Å²) >= 11 is 0. The lowest BCUT2D eigenvalue weighted by Crippen LogP contribution is -2.42. The number of amides is 1. The molecule has 6 heteroatoms. The van der Waals surface area contributed by atoms with E-state index in [2.05, 4.69) is 30.8 Å². The second kappa shape index (κ2) is 6.73. The first-order chi connectivity index (χ1) is 11.8. The van der Waals surface area contributed by atoms with Crippen molar-refractivity contribution in [3.05, 3.63) is 48.3 Å². The monoisotopic (exact) mass is 325 g/mol. The van der Waals surface area contributed by atoms with E-state index in [4.69, 9.17) is 0 Å². The van der Waals surface area contributed by atoms with Crippen molar-refractivity contribution in [3.63, 3.8) is 0 Å². The van der Waals surface area contributed by atoms with Crippen LogP contribution in [0.1, 0.15) is 36.7 Å². The van der Waals surface area contributed by atoms with Crippen LogP contribution in [0.25, 0.3) is 0 Å². The molecule has 1 aliphatic heterocycles. The average Bonchev–Trinajstić information content (AvgIpc) is 3.27. The minimum atomic E-state index is 0.181. The second-order valence-corrected chi connectivity index (χ2v) is 6.89. The van der Waals surface area contributed by atoms with E-state index in [-0.39, 0.29) is 11.9 Å². The Morgan fingerprint density at radius 1 is 1.33 bits per heavy atom. The topological polar surface area (TPSA) is 63.1 Å². The van der Waals surface area contributed by atoms with Crippen LogP contribution in [0.15, 0.2) is 36.9 Å². The lowest BCUT2D eigenvalue weighted by Gasteiger charge is -2.34. The SMILES string of the molecule is O=C(CC1CC1)NCC1CN(Cc2ccccn2)Cc2cncn21. The van der Waals surface area contributed by atoms with Crippen LogP contribution in [-0.4, -0.2) is 38.4 Å². The Bertz CT molecular complexity index is 694. The van der Waals surface area contributed by atoms with Gasteiger partial charge in [-0.2, -0.15) is 0 Å².